The lowest BCUT2D eigenvalue weighted by Crippen LogP contribution is -2.20. The molecule has 0 aromatic carbocycles. The van der Waals surface area contributed by atoms with E-state index in [1.165, 1.54) is 22.6 Å². The van der Waals surface area contributed by atoms with Crippen LogP contribution in [0, 0.1) is 13.7 Å². The molecular formula is C7HClF3IN2O4. The number of rotatable bonds is 3. The summed E-state index contributed by atoms with van der Waals surface area (Å²) in [5.74, 6) is -2.14. The first-order chi connectivity index (χ1) is 8.11. The fourth-order valence-electron chi connectivity index (χ4n) is 0.935. The van der Waals surface area contributed by atoms with Gasteiger partial charge in [-0.15, -0.1) is 13.2 Å². The van der Waals surface area contributed by atoms with Crippen LogP contribution >= 0.6 is 34.2 Å². The molecule has 0 bridgehead atoms. The van der Waals surface area contributed by atoms with Crippen LogP contribution in [-0.2, 0) is 0 Å². The van der Waals surface area contributed by atoms with Crippen molar-refractivity contribution in [2.24, 2.45) is 0 Å². The molecule has 0 saturated heterocycles. The van der Waals surface area contributed by atoms with Gasteiger partial charge in [0.05, 0.1) is 6.07 Å². The molecular weight excluding hydrogens is 395 g/mol. The topological polar surface area (TPSA) is 82.3 Å². The van der Waals surface area contributed by atoms with Gasteiger partial charge in [-0.05, 0) is 39.1 Å². The molecule has 0 radical (unpaired) electrons. The Morgan fingerprint density at radius 3 is 2.50 bits per heavy atom. The molecule has 1 rings (SSSR count). The molecule has 0 fully saturated rings. The maximum absolute atomic E-state index is 12.1. The van der Waals surface area contributed by atoms with Gasteiger partial charge in [-0.2, -0.15) is 0 Å². The zero-order valence-electron chi connectivity index (χ0n) is 7.99. The van der Waals surface area contributed by atoms with Gasteiger partial charge in [0.25, 0.3) is 5.24 Å². The molecule has 98 valence electrons. The number of hydrogen-bond acceptors (Lipinski definition) is 5. The predicted molar refractivity (Wildman–Crippen MR) is 60.5 cm³/mol. The lowest BCUT2D eigenvalue weighted by Gasteiger charge is -2.08. The summed E-state index contributed by atoms with van der Waals surface area (Å²) in [6.07, 6.45) is -5.15. The molecule has 0 aliphatic rings. The SMILES string of the molecule is O=C(Cl)c1c(I)cc([N+](=O)[O-])nc1OC(F)(F)F. The smallest absolute Gasteiger partial charge is 0.366 e. The molecule has 18 heavy (non-hydrogen) atoms. The second-order valence-corrected chi connectivity index (χ2v) is 4.23. The predicted octanol–water partition coefficient (Wildman–Crippen LogP) is 2.87. The number of halogens is 5. The molecule has 0 saturated carbocycles. The van der Waals surface area contributed by atoms with Crippen LogP contribution in [0.15, 0.2) is 6.07 Å². The minimum Gasteiger partial charge on any atom is -0.366 e. The summed E-state index contributed by atoms with van der Waals surface area (Å²) in [5.41, 5.74) is -0.680. The summed E-state index contributed by atoms with van der Waals surface area (Å²) in [7, 11) is 0. The lowest BCUT2D eigenvalue weighted by molar-refractivity contribution is -0.390. The first-order valence-electron chi connectivity index (χ1n) is 3.92. The number of nitro groups is 1. The Morgan fingerprint density at radius 2 is 2.11 bits per heavy atom. The Balaban J connectivity index is 3.43. The van der Waals surface area contributed by atoms with E-state index in [-0.39, 0.29) is 3.57 Å². The Bertz CT molecular complexity index is 522. The fourth-order valence-corrected chi connectivity index (χ4v) is 2.03. The van der Waals surface area contributed by atoms with Gasteiger partial charge < -0.3 is 14.9 Å². The zero-order valence-corrected chi connectivity index (χ0v) is 10.9. The van der Waals surface area contributed by atoms with Crippen molar-refractivity contribution in [3.63, 3.8) is 0 Å². The highest BCUT2D eigenvalue weighted by atomic mass is 127. The summed E-state index contributed by atoms with van der Waals surface area (Å²) < 4.78 is 39.4. The summed E-state index contributed by atoms with van der Waals surface area (Å²) in [5, 5.41) is 9.17. The van der Waals surface area contributed by atoms with Crippen LogP contribution in [0.3, 0.4) is 0 Å². The van der Waals surface area contributed by atoms with Crippen molar-refractivity contribution < 1.29 is 27.6 Å². The number of alkyl halides is 3. The molecule has 1 heterocycles. The van der Waals surface area contributed by atoms with Gasteiger partial charge in [0.15, 0.2) is 0 Å². The number of aromatic nitrogens is 1. The summed E-state index contributed by atoms with van der Waals surface area (Å²) in [6.45, 7) is 0. The van der Waals surface area contributed by atoms with Crippen molar-refractivity contribution in [3.05, 3.63) is 25.3 Å². The number of ether oxygens (including phenoxy) is 1. The van der Waals surface area contributed by atoms with Crippen LogP contribution in [0.25, 0.3) is 0 Å². The van der Waals surface area contributed by atoms with E-state index in [9.17, 15) is 28.1 Å². The van der Waals surface area contributed by atoms with Crippen molar-refractivity contribution in [1.82, 2.24) is 4.98 Å². The van der Waals surface area contributed by atoms with E-state index in [4.69, 9.17) is 11.6 Å². The van der Waals surface area contributed by atoms with E-state index in [2.05, 4.69) is 9.72 Å². The minimum atomic E-state index is -5.15. The molecule has 0 atom stereocenters. The Morgan fingerprint density at radius 1 is 1.56 bits per heavy atom. The average molecular weight is 396 g/mol. The van der Waals surface area contributed by atoms with E-state index in [0.29, 0.717) is 0 Å². The van der Waals surface area contributed by atoms with E-state index in [0.717, 1.165) is 6.07 Å². The summed E-state index contributed by atoms with van der Waals surface area (Å²) in [4.78, 5) is 23.4. The zero-order chi connectivity index (χ0) is 14.1. The molecule has 0 aliphatic carbocycles. The van der Waals surface area contributed by atoms with Gasteiger partial charge in [0.1, 0.15) is 5.56 Å². The quantitative estimate of drug-likeness (QED) is 0.340. The molecule has 0 aliphatic heterocycles. The third-order valence-corrected chi connectivity index (χ3v) is 2.56. The van der Waals surface area contributed by atoms with Crippen molar-refractivity contribution >= 4 is 45.3 Å². The first-order valence-corrected chi connectivity index (χ1v) is 5.38. The molecule has 0 N–H and O–H groups in total. The van der Waals surface area contributed by atoms with Gasteiger partial charge in [-0.1, -0.05) is 0 Å². The lowest BCUT2D eigenvalue weighted by atomic mass is 10.3. The second kappa shape index (κ2) is 5.22. The summed E-state index contributed by atoms with van der Waals surface area (Å²) >= 11 is 6.49. The monoisotopic (exact) mass is 396 g/mol. The van der Waals surface area contributed by atoms with Crippen LogP contribution in [-0.4, -0.2) is 21.5 Å². The highest BCUT2D eigenvalue weighted by Gasteiger charge is 2.37. The molecule has 1 aromatic heterocycles. The van der Waals surface area contributed by atoms with E-state index >= 15 is 0 Å². The van der Waals surface area contributed by atoms with Crippen LogP contribution in [0.4, 0.5) is 19.0 Å². The van der Waals surface area contributed by atoms with E-state index < -0.39 is 33.8 Å². The first kappa shape index (κ1) is 14.9. The van der Waals surface area contributed by atoms with Crippen LogP contribution in [0.1, 0.15) is 10.4 Å². The van der Waals surface area contributed by atoms with Gasteiger partial charge in [-0.25, -0.2) is 0 Å². The molecule has 0 spiro atoms. The van der Waals surface area contributed by atoms with Crippen molar-refractivity contribution in [1.29, 1.82) is 0 Å². The van der Waals surface area contributed by atoms with Gasteiger partial charge >= 0.3 is 18.1 Å². The molecule has 6 nitrogen and oxygen atoms in total. The van der Waals surface area contributed by atoms with Crippen molar-refractivity contribution in [2.75, 3.05) is 0 Å². The van der Waals surface area contributed by atoms with E-state index in [1.54, 1.807) is 0 Å². The number of hydrogen-bond donors (Lipinski definition) is 0. The normalized spacial score (nSPS) is 11.2. The van der Waals surface area contributed by atoms with Crippen LogP contribution in [0.5, 0.6) is 5.88 Å². The van der Waals surface area contributed by atoms with Gasteiger partial charge in [0.2, 0.25) is 0 Å². The van der Waals surface area contributed by atoms with Gasteiger partial charge in [0, 0.05) is 8.55 Å². The minimum absolute atomic E-state index is 0.173. The number of carbonyl (C=O) groups is 1. The third-order valence-electron chi connectivity index (χ3n) is 1.52. The Hall–Kier alpha value is -1.17. The van der Waals surface area contributed by atoms with Crippen LogP contribution in [0.2, 0.25) is 0 Å². The largest absolute Gasteiger partial charge is 0.575 e. The van der Waals surface area contributed by atoms with Crippen LogP contribution < -0.4 is 4.74 Å². The van der Waals surface area contributed by atoms with Crippen molar-refractivity contribution in [2.45, 2.75) is 6.36 Å². The maximum Gasteiger partial charge on any atom is 0.575 e. The third kappa shape index (κ3) is 3.66. The Kier molecular flexibility index (Phi) is 4.32. The highest BCUT2D eigenvalue weighted by molar-refractivity contribution is 14.1. The molecule has 1 aromatic rings. The Labute approximate surface area is 115 Å². The maximum atomic E-state index is 12.1. The number of carbonyl (C=O) groups excluding carboxylic acids is 1. The molecule has 0 amide bonds. The number of pyridine rings is 1. The van der Waals surface area contributed by atoms with Crippen molar-refractivity contribution in [3.8, 4) is 5.88 Å². The molecule has 11 heteroatoms. The summed E-state index contributed by atoms with van der Waals surface area (Å²) in [6, 6.07) is 0.805. The fraction of sp³-hybridized carbons (Fsp3) is 0.143. The second-order valence-electron chi connectivity index (χ2n) is 2.72. The standard InChI is InChI=1S/C7HClF3IN2O4/c8-5(15)4-2(12)1-3(14(16)17)13-6(4)18-7(9,10)11/h1H. The number of nitrogens with zero attached hydrogens (tertiary/aromatic N) is 2. The highest BCUT2D eigenvalue weighted by Crippen LogP contribution is 2.31. The molecule has 0 unspecified atom stereocenters. The van der Waals surface area contributed by atoms with Gasteiger partial charge in [-0.3, -0.25) is 4.79 Å². The van der Waals surface area contributed by atoms with E-state index in [1.807, 2.05) is 0 Å². The average Bonchev–Trinajstić information content (AvgIpc) is 2.12.